The van der Waals surface area contributed by atoms with Crippen molar-refractivity contribution in [2.24, 2.45) is 5.92 Å². The zero-order chi connectivity index (χ0) is 16.4. The molecule has 2 atom stereocenters. The Kier molecular flexibility index (Phi) is 9.86. The molecule has 0 saturated carbocycles. The molecule has 3 N–H and O–H groups in total. The maximum absolute atomic E-state index is 12.2. The van der Waals surface area contributed by atoms with E-state index in [0.29, 0.717) is 25.0 Å². The third-order valence-corrected chi connectivity index (χ3v) is 3.61. The van der Waals surface area contributed by atoms with Crippen LogP contribution in [0.5, 0.6) is 0 Å². The lowest BCUT2D eigenvalue weighted by atomic mass is 10.0. The summed E-state index contributed by atoms with van der Waals surface area (Å²) in [5.41, 5.74) is 0. The van der Waals surface area contributed by atoms with Crippen molar-refractivity contribution in [1.82, 2.24) is 10.6 Å². The predicted octanol–water partition coefficient (Wildman–Crippen LogP) is 1.25. The van der Waals surface area contributed by atoms with Crippen molar-refractivity contribution in [3.8, 4) is 0 Å². The smallest absolute Gasteiger partial charge is 0.326 e. The number of aliphatic carboxylic acids is 1. The van der Waals surface area contributed by atoms with E-state index in [2.05, 4.69) is 10.6 Å². The van der Waals surface area contributed by atoms with E-state index in [4.69, 9.17) is 5.11 Å². The first-order valence-corrected chi connectivity index (χ1v) is 8.54. The van der Waals surface area contributed by atoms with Gasteiger partial charge in [-0.2, -0.15) is 11.8 Å². The number of carboxylic acid groups (broad SMARTS) is 1. The van der Waals surface area contributed by atoms with Crippen LogP contribution in [0.3, 0.4) is 0 Å². The van der Waals surface area contributed by atoms with Gasteiger partial charge in [0, 0.05) is 6.42 Å². The largest absolute Gasteiger partial charge is 0.480 e. The van der Waals surface area contributed by atoms with E-state index in [9.17, 15) is 14.4 Å². The van der Waals surface area contributed by atoms with Crippen LogP contribution in [0.4, 0.5) is 0 Å². The summed E-state index contributed by atoms with van der Waals surface area (Å²) in [4.78, 5) is 35.0. The number of rotatable bonds is 10. The first-order chi connectivity index (χ1) is 9.83. The minimum absolute atomic E-state index is 0.185. The number of hydrogen-bond donors (Lipinski definition) is 3. The molecule has 21 heavy (non-hydrogen) atoms. The first-order valence-electron chi connectivity index (χ1n) is 7.14. The molecule has 0 aliphatic heterocycles. The lowest BCUT2D eigenvalue weighted by Crippen LogP contribution is -2.53. The highest BCUT2D eigenvalue weighted by molar-refractivity contribution is 7.98. The van der Waals surface area contributed by atoms with Gasteiger partial charge in [-0.05, 0) is 30.8 Å². The van der Waals surface area contributed by atoms with Crippen LogP contribution < -0.4 is 10.6 Å². The van der Waals surface area contributed by atoms with E-state index in [1.54, 1.807) is 25.6 Å². The van der Waals surface area contributed by atoms with Crippen molar-refractivity contribution in [2.45, 2.75) is 52.1 Å². The van der Waals surface area contributed by atoms with Crippen LogP contribution in [0, 0.1) is 5.92 Å². The minimum Gasteiger partial charge on any atom is -0.480 e. The predicted molar refractivity (Wildman–Crippen MR) is 84.2 cm³/mol. The van der Waals surface area contributed by atoms with Gasteiger partial charge in [0.1, 0.15) is 12.1 Å². The second kappa shape index (κ2) is 10.5. The number of hydrogen-bond acceptors (Lipinski definition) is 4. The van der Waals surface area contributed by atoms with Gasteiger partial charge in [-0.3, -0.25) is 9.59 Å². The third-order valence-electron chi connectivity index (χ3n) is 2.97. The van der Waals surface area contributed by atoms with Gasteiger partial charge in [-0.1, -0.05) is 20.8 Å². The number of thioether (sulfide) groups is 1. The summed E-state index contributed by atoms with van der Waals surface area (Å²) < 4.78 is 0. The van der Waals surface area contributed by atoms with Gasteiger partial charge in [0.25, 0.3) is 0 Å². The maximum atomic E-state index is 12.2. The Balaban J connectivity index is 4.76. The topological polar surface area (TPSA) is 95.5 Å². The normalized spacial score (nSPS) is 13.6. The van der Waals surface area contributed by atoms with Crippen LogP contribution in [-0.4, -0.2) is 47.0 Å². The molecule has 2 amide bonds. The average Bonchev–Trinajstić information content (AvgIpc) is 2.39. The molecule has 0 saturated heterocycles. The summed E-state index contributed by atoms with van der Waals surface area (Å²) in [6.45, 7) is 5.34. The molecule has 6 nitrogen and oxygen atoms in total. The first kappa shape index (κ1) is 19.8. The number of carboxylic acids is 1. The fraction of sp³-hybridized carbons (Fsp3) is 0.786. The molecule has 0 aromatic carbocycles. The molecule has 0 fully saturated rings. The monoisotopic (exact) mass is 318 g/mol. The minimum atomic E-state index is -1.07. The lowest BCUT2D eigenvalue weighted by Gasteiger charge is -2.23. The highest BCUT2D eigenvalue weighted by Crippen LogP contribution is 2.06. The Morgan fingerprint density at radius 1 is 1.19 bits per heavy atom. The fourth-order valence-corrected chi connectivity index (χ4v) is 2.24. The van der Waals surface area contributed by atoms with Gasteiger partial charge in [0.05, 0.1) is 0 Å². The molecule has 122 valence electrons. The molecule has 0 rings (SSSR count). The highest BCUT2D eigenvalue weighted by Gasteiger charge is 2.27. The molecule has 0 radical (unpaired) electrons. The summed E-state index contributed by atoms with van der Waals surface area (Å²) in [7, 11) is 0. The van der Waals surface area contributed by atoms with Crippen molar-refractivity contribution in [2.75, 3.05) is 12.0 Å². The Hall–Kier alpha value is -1.24. The van der Waals surface area contributed by atoms with Crippen LogP contribution in [0.25, 0.3) is 0 Å². The summed E-state index contributed by atoms with van der Waals surface area (Å²) in [6.07, 6.45) is 3.45. The summed E-state index contributed by atoms with van der Waals surface area (Å²) in [5, 5.41) is 14.3. The van der Waals surface area contributed by atoms with E-state index >= 15 is 0 Å². The van der Waals surface area contributed by atoms with Crippen molar-refractivity contribution in [3.63, 3.8) is 0 Å². The van der Waals surface area contributed by atoms with Crippen molar-refractivity contribution in [3.05, 3.63) is 0 Å². The fourth-order valence-electron chi connectivity index (χ4n) is 1.77. The third kappa shape index (κ3) is 7.94. The second-order valence-electron chi connectivity index (χ2n) is 5.22. The van der Waals surface area contributed by atoms with Crippen LogP contribution >= 0.6 is 11.8 Å². The number of carbonyl (C=O) groups excluding carboxylic acids is 2. The maximum Gasteiger partial charge on any atom is 0.326 e. The molecule has 7 heteroatoms. The van der Waals surface area contributed by atoms with Crippen molar-refractivity contribution in [1.29, 1.82) is 0 Å². The van der Waals surface area contributed by atoms with Crippen LogP contribution in [0.15, 0.2) is 0 Å². The van der Waals surface area contributed by atoms with E-state index in [1.165, 1.54) is 0 Å². The standard InChI is InChI=1S/C14H26N2O4S/c1-5-6-11(17)15-10(7-8-21-4)13(18)16-12(9(2)3)14(19)20/h9-10,12H,5-8H2,1-4H3,(H,15,17)(H,16,18)(H,19,20). The molecule has 0 heterocycles. The second-order valence-corrected chi connectivity index (χ2v) is 6.21. The molecule has 0 aliphatic carbocycles. The van der Waals surface area contributed by atoms with Crippen LogP contribution in [0.1, 0.15) is 40.0 Å². The Bertz CT molecular complexity index is 361. The quantitative estimate of drug-likeness (QED) is 0.563. The SMILES string of the molecule is CCCC(=O)NC(CCSC)C(=O)NC(C(=O)O)C(C)C. The summed E-state index contributed by atoms with van der Waals surface area (Å²) in [6, 6.07) is -1.63. The molecule has 0 aromatic rings. The number of carbonyl (C=O) groups is 3. The molecule has 0 spiro atoms. The molecule has 0 bridgehead atoms. The molecule has 2 unspecified atom stereocenters. The van der Waals surface area contributed by atoms with Gasteiger partial charge in [-0.15, -0.1) is 0 Å². The van der Waals surface area contributed by atoms with Gasteiger partial charge >= 0.3 is 5.97 Å². The van der Waals surface area contributed by atoms with Gasteiger partial charge in [0.15, 0.2) is 0 Å². The number of amides is 2. The van der Waals surface area contributed by atoms with Crippen LogP contribution in [-0.2, 0) is 14.4 Å². The van der Waals surface area contributed by atoms with Gasteiger partial charge in [0.2, 0.25) is 11.8 Å². The zero-order valence-electron chi connectivity index (χ0n) is 13.1. The summed E-state index contributed by atoms with van der Waals surface area (Å²) in [5.74, 6) is -1.20. The lowest BCUT2D eigenvalue weighted by molar-refractivity contribution is -0.143. The van der Waals surface area contributed by atoms with Crippen molar-refractivity contribution < 1.29 is 19.5 Å². The zero-order valence-corrected chi connectivity index (χ0v) is 14.0. The molecule has 0 aromatic heterocycles. The molecular weight excluding hydrogens is 292 g/mol. The average molecular weight is 318 g/mol. The number of nitrogens with one attached hydrogen (secondary N) is 2. The van der Waals surface area contributed by atoms with E-state index in [1.807, 2.05) is 13.2 Å². The van der Waals surface area contributed by atoms with Gasteiger partial charge < -0.3 is 15.7 Å². The van der Waals surface area contributed by atoms with Gasteiger partial charge in [-0.25, -0.2) is 4.79 Å². The Morgan fingerprint density at radius 2 is 1.81 bits per heavy atom. The molecule has 0 aliphatic rings. The van der Waals surface area contributed by atoms with E-state index in [0.717, 1.165) is 0 Å². The Labute approximate surface area is 130 Å². The van der Waals surface area contributed by atoms with E-state index in [-0.39, 0.29) is 11.8 Å². The molecular formula is C14H26N2O4S. The van der Waals surface area contributed by atoms with Crippen molar-refractivity contribution >= 4 is 29.5 Å². The van der Waals surface area contributed by atoms with E-state index < -0.39 is 24.0 Å². The van der Waals surface area contributed by atoms with Crippen LogP contribution in [0.2, 0.25) is 0 Å². The Morgan fingerprint density at radius 3 is 2.24 bits per heavy atom. The highest BCUT2D eigenvalue weighted by atomic mass is 32.2. The summed E-state index contributed by atoms with van der Waals surface area (Å²) >= 11 is 1.57.